The Kier molecular flexibility index (Phi) is 47.9. The lowest BCUT2D eigenvalue weighted by Gasteiger charge is -2.29. The molecule has 0 fully saturated rings. The van der Waals surface area contributed by atoms with E-state index in [4.69, 9.17) is 9.05 Å². The summed E-state index contributed by atoms with van der Waals surface area (Å²) in [6.45, 7) is 4.60. The Morgan fingerprint density at radius 1 is 0.522 bits per heavy atom. The smallest absolute Gasteiger partial charge is 0.268 e. The van der Waals surface area contributed by atoms with E-state index in [1.165, 1.54) is 180 Å². The van der Waals surface area contributed by atoms with Crippen LogP contribution in [0.4, 0.5) is 0 Å². The average Bonchev–Trinajstić information content (AvgIpc) is 3.29. The third-order valence-corrected chi connectivity index (χ3v) is 13.4. The number of quaternary nitrogens is 1. The van der Waals surface area contributed by atoms with E-state index >= 15 is 0 Å². The average molecular weight is 961 g/mol. The molecule has 0 saturated heterocycles. The van der Waals surface area contributed by atoms with Gasteiger partial charge >= 0.3 is 0 Å². The summed E-state index contributed by atoms with van der Waals surface area (Å²) in [7, 11) is 1.24. The summed E-state index contributed by atoms with van der Waals surface area (Å²) in [6, 6.07) is -0.903. The Hall–Kier alpha value is -1.80. The fourth-order valence-electron chi connectivity index (χ4n) is 8.00. The molecular weight excluding hydrogens is 852 g/mol. The zero-order chi connectivity index (χ0) is 49.2. The Morgan fingerprint density at radius 3 is 1.31 bits per heavy atom. The fraction of sp³-hybridized carbons (Fsp3) is 0.810. The molecule has 0 aromatic heterocycles. The van der Waals surface area contributed by atoms with Gasteiger partial charge in [0.25, 0.3) is 7.82 Å². The second-order valence-electron chi connectivity index (χ2n) is 20.3. The lowest BCUT2D eigenvalue weighted by molar-refractivity contribution is -0.870. The van der Waals surface area contributed by atoms with Crippen LogP contribution in [-0.2, 0) is 18.4 Å². The predicted molar refractivity (Wildman–Crippen MR) is 288 cm³/mol. The van der Waals surface area contributed by atoms with Gasteiger partial charge in [0.15, 0.2) is 0 Å². The van der Waals surface area contributed by atoms with Crippen LogP contribution in [-0.4, -0.2) is 68.5 Å². The minimum Gasteiger partial charge on any atom is -0.756 e. The normalized spacial score (nSPS) is 14.4. The van der Waals surface area contributed by atoms with Gasteiger partial charge in [0.1, 0.15) is 13.2 Å². The molecule has 2 N–H and O–H groups in total. The molecule has 0 aliphatic rings. The second-order valence-corrected chi connectivity index (χ2v) is 21.7. The maximum Gasteiger partial charge on any atom is 0.268 e. The third kappa shape index (κ3) is 51.9. The number of carbonyl (C=O) groups is 1. The van der Waals surface area contributed by atoms with Crippen molar-refractivity contribution >= 4 is 13.7 Å². The minimum atomic E-state index is -4.60. The van der Waals surface area contributed by atoms with Crippen molar-refractivity contribution in [3.8, 4) is 0 Å². The van der Waals surface area contributed by atoms with Crippen molar-refractivity contribution in [1.29, 1.82) is 0 Å². The molecule has 3 unspecified atom stereocenters. The molecule has 3 atom stereocenters. The van der Waals surface area contributed by atoms with Crippen molar-refractivity contribution in [2.45, 2.75) is 264 Å². The van der Waals surface area contributed by atoms with Crippen molar-refractivity contribution in [3.05, 3.63) is 60.8 Å². The van der Waals surface area contributed by atoms with E-state index in [0.717, 1.165) is 51.4 Å². The molecule has 0 heterocycles. The highest BCUT2D eigenvalue weighted by Crippen LogP contribution is 2.38. The van der Waals surface area contributed by atoms with Crippen molar-refractivity contribution in [3.63, 3.8) is 0 Å². The number of rotatable bonds is 51. The van der Waals surface area contributed by atoms with Crippen LogP contribution in [0, 0.1) is 0 Å². The zero-order valence-electron chi connectivity index (χ0n) is 44.6. The number of carbonyl (C=O) groups excluding carboxylic acids is 1. The van der Waals surface area contributed by atoms with Crippen molar-refractivity contribution in [2.75, 3.05) is 40.9 Å². The molecule has 8 nitrogen and oxygen atoms in total. The number of unbranched alkanes of at least 4 members (excludes halogenated alkanes) is 30. The number of hydrogen-bond acceptors (Lipinski definition) is 6. The number of allylic oxidation sites excluding steroid dienone is 9. The molecule has 0 aliphatic heterocycles. The van der Waals surface area contributed by atoms with Crippen molar-refractivity contribution < 1.29 is 32.9 Å². The lowest BCUT2D eigenvalue weighted by Crippen LogP contribution is -2.45. The largest absolute Gasteiger partial charge is 0.756 e. The number of nitrogens with zero attached hydrogens (tertiary/aromatic N) is 1. The number of amides is 1. The maximum absolute atomic E-state index is 12.9. The van der Waals surface area contributed by atoms with Gasteiger partial charge in [-0.05, 0) is 70.6 Å². The van der Waals surface area contributed by atoms with Gasteiger partial charge in [-0.15, -0.1) is 0 Å². The Bertz CT molecular complexity index is 1270. The van der Waals surface area contributed by atoms with E-state index in [-0.39, 0.29) is 12.5 Å². The monoisotopic (exact) mass is 961 g/mol. The third-order valence-electron chi connectivity index (χ3n) is 12.4. The van der Waals surface area contributed by atoms with Gasteiger partial charge in [0.2, 0.25) is 5.91 Å². The van der Waals surface area contributed by atoms with E-state index in [2.05, 4.69) is 67.8 Å². The first-order valence-electron chi connectivity index (χ1n) is 28.2. The summed E-state index contributed by atoms with van der Waals surface area (Å²) in [5.41, 5.74) is 0. The summed E-state index contributed by atoms with van der Waals surface area (Å²) in [5, 5.41) is 13.8. The van der Waals surface area contributed by atoms with Crippen LogP contribution in [0.3, 0.4) is 0 Å². The maximum atomic E-state index is 12.9. The Balaban J connectivity index is 4.03. The molecular formula is C58H109N2O6P. The number of hydrogen-bond donors (Lipinski definition) is 2. The van der Waals surface area contributed by atoms with Gasteiger partial charge in [-0.2, -0.15) is 0 Å². The molecule has 0 rings (SSSR count). The quantitative estimate of drug-likeness (QED) is 0.0272. The first-order valence-corrected chi connectivity index (χ1v) is 29.6. The van der Waals surface area contributed by atoms with Crippen LogP contribution in [0.15, 0.2) is 60.8 Å². The zero-order valence-corrected chi connectivity index (χ0v) is 45.5. The van der Waals surface area contributed by atoms with Crippen LogP contribution < -0.4 is 10.2 Å². The van der Waals surface area contributed by atoms with Crippen LogP contribution in [0.2, 0.25) is 0 Å². The molecule has 0 aliphatic carbocycles. The number of aliphatic hydroxyl groups excluding tert-OH is 1. The van der Waals surface area contributed by atoms with E-state index in [1.54, 1.807) is 6.08 Å². The van der Waals surface area contributed by atoms with E-state index in [1.807, 2.05) is 27.2 Å². The number of aliphatic hydroxyl groups is 1. The number of phosphoric ester groups is 1. The minimum absolute atomic E-state index is 0.00700. The highest BCUT2D eigenvalue weighted by atomic mass is 31.2. The molecule has 0 saturated carbocycles. The number of phosphoric acid groups is 1. The van der Waals surface area contributed by atoms with Gasteiger partial charge in [0.05, 0.1) is 39.9 Å². The van der Waals surface area contributed by atoms with E-state index < -0.39 is 26.6 Å². The van der Waals surface area contributed by atoms with Crippen LogP contribution in [0.5, 0.6) is 0 Å². The van der Waals surface area contributed by atoms with Gasteiger partial charge < -0.3 is 28.8 Å². The molecule has 0 aromatic rings. The molecule has 0 radical (unpaired) electrons. The molecule has 9 heteroatoms. The van der Waals surface area contributed by atoms with Crippen molar-refractivity contribution in [2.24, 2.45) is 0 Å². The summed E-state index contributed by atoms with van der Waals surface area (Å²) in [5.74, 6) is -0.207. The summed E-state index contributed by atoms with van der Waals surface area (Å²) >= 11 is 0. The van der Waals surface area contributed by atoms with Crippen LogP contribution in [0.1, 0.15) is 251 Å². The summed E-state index contributed by atoms with van der Waals surface area (Å²) in [6.07, 6.45) is 66.0. The first kappa shape index (κ1) is 65.2. The number of likely N-dealkylation sites (N-methyl/N-ethyl adjacent to an activating group) is 1. The Morgan fingerprint density at radius 2 is 0.881 bits per heavy atom. The second kappa shape index (κ2) is 49.2. The molecule has 0 bridgehead atoms. The predicted octanol–water partition coefficient (Wildman–Crippen LogP) is 16.3. The molecule has 67 heavy (non-hydrogen) atoms. The molecule has 0 aromatic carbocycles. The highest BCUT2D eigenvalue weighted by Gasteiger charge is 2.23. The van der Waals surface area contributed by atoms with Gasteiger partial charge in [-0.1, -0.05) is 235 Å². The highest BCUT2D eigenvalue weighted by molar-refractivity contribution is 7.45. The Labute approximate surface area is 415 Å². The summed E-state index contributed by atoms with van der Waals surface area (Å²) in [4.78, 5) is 25.4. The van der Waals surface area contributed by atoms with Crippen molar-refractivity contribution in [1.82, 2.24) is 5.32 Å². The van der Waals surface area contributed by atoms with E-state index in [9.17, 15) is 19.4 Å². The fourth-order valence-corrected chi connectivity index (χ4v) is 8.72. The number of nitrogens with one attached hydrogen (secondary N) is 1. The van der Waals surface area contributed by atoms with Gasteiger partial charge in [-0.25, -0.2) is 0 Å². The topological polar surface area (TPSA) is 108 Å². The standard InChI is InChI=1S/C58H109N2O6P/c1-6-8-10-12-14-16-18-20-21-22-23-24-25-26-27-28-29-30-31-32-33-34-35-36-37-38-39-40-42-44-46-48-50-52-58(62)59-56(55-66-67(63,64)65-54-53-60(3,4)5)57(61)51-49-47-45-43-41-19-17-15-13-11-9-7-2/h18,20,22-23,25-26,41,43,49,51,56-57,61H,6-17,19,21,24,27-40,42,44-48,50,52-55H2,1-5H3,(H-,59,62,63,64)/b20-18-,23-22-,26-25-,43-41+,51-49+. The molecule has 0 spiro atoms. The van der Waals surface area contributed by atoms with Crippen LogP contribution >= 0.6 is 7.82 Å². The SMILES string of the molecule is CCCCCCC/C=C\C/C=C\C/C=C\CCCCCCCCCCCCCCCCCCCCC(=O)NC(COP(=O)([O-])OCC[N+](C)(C)C)C(O)/C=C/CC/C=C/CCCCCCCC. The van der Waals surface area contributed by atoms with E-state index in [0.29, 0.717) is 17.4 Å². The molecule has 1 amide bonds. The summed E-state index contributed by atoms with van der Waals surface area (Å²) < 4.78 is 23.2. The van der Waals surface area contributed by atoms with Gasteiger partial charge in [-0.3, -0.25) is 9.36 Å². The lowest BCUT2D eigenvalue weighted by atomic mass is 10.0. The molecule has 392 valence electrons. The van der Waals surface area contributed by atoms with Crippen LogP contribution in [0.25, 0.3) is 0 Å². The first-order chi connectivity index (χ1) is 32.5. The van der Waals surface area contributed by atoms with Gasteiger partial charge in [0, 0.05) is 6.42 Å².